The number of pyridine rings is 1. The third-order valence-corrected chi connectivity index (χ3v) is 2.87. The Morgan fingerprint density at radius 1 is 1.35 bits per heavy atom. The molecule has 5 heteroatoms. The molecule has 0 aliphatic rings. The van der Waals surface area contributed by atoms with Gasteiger partial charge in [0.15, 0.2) is 0 Å². The second-order valence-corrected chi connectivity index (χ2v) is 4.49. The van der Waals surface area contributed by atoms with E-state index in [0.717, 1.165) is 17.0 Å². The molecular weight excluding hydrogens is 254 g/mol. The maximum atomic E-state index is 11.9. The van der Waals surface area contributed by atoms with Gasteiger partial charge in [0.05, 0.1) is 25.4 Å². The molecule has 0 fully saturated rings. The topological polar surface area (TPSA) is 77.2 Å². The number of ether oxygens (including phenoxy) is 1. The predicted octanol–water partition coefficient (Wildman–Crippen LogP) is 2.16. The second kappa shape index (κ2) is 6.06. The largest absolute Gasteiger partial charge is 0.496 e. The zero-order chi connectivity index (χ0) is 14.5. The molecule has 2 rings (SSSR count). The summed E-state index contributed by atoms with van der Waals surface area (Å²) in [6.45, 7) is 1.93. The van der Waals surface area contributed by atoms with E-state index < -0.39 is 0 Å². The number of carbonyl (C=O) groups excluding carboxylic acids is 1. The third kappa shape index (κ3) is 3.47. The quantitative estimate of drug-likeness (QED) is 0.893. The van der Waals surface area contributed by atoms with Crippen LogP contribution in [0, 0.1) is 6.92 Å². The first-order chi connectivity index (χ1) is 9.58. The van der Waals surface area contributed by atoms with Gasteiger partial charge in [0, 0.05) is 11.4 Å². The number of methoxy groups -OCH3 is 1. The van der Waals surface area contributed by atoms with Crippen molar-refractivity contribution >= 4 is 17.3 Å². The van der Waals surface area contributed by atoms with E-state index in [0.29, 0.717) is 11.4 Å². The molecule has 0 bridgehead atoms. The normalized spacial score (nSPS) is 10.1. The lowest BCUT2D eigenvalue weighted by atomic mass is 10.2. The van der Waals surface area contributed by atoms with E-state index in [-0.39, 0.29) is 12.3 Å². The van der Waals surface area contributed by atoms with Crippen molar-refractivity contribution in [1.29, 1.82) is 0 Å². The van der Waals surface area contributed by atoms with Gasteiger partial charge < -0.3 is 15.8 Å². The van der Waals surface area contributed by atoms with Gasteiger partial charge in [-0.3, -0.25) is 9.78 Å². The van der Waals surface area contributed by atoms with Crippen molar-refractivity contribution in [2.45, 2.75) is 13.3 Å². The Morgan fingerprint density at radius 3 is 2.75 bits per heavy atom. The number of benzene rings is 1. The number of rotatable bonds is 4. The van der Waals surface area contributed by atoms with E-state index >= 15 is 0 Å². The molecular formula is C15H17N3O2. The molecule has 0 aliphatic heterocycles. The lowest BCUT2D eigenvalue weighted by Gasteiger charge is -2.09. The summed E-state index contributed by atoms with van der Waals surface area (Å²) in [4.78, 5) is 16.0. The predicted molar refractivity (Wildman–Crippen MR) is 78.7 cm³/mol. The lowest BCUT2D eigenvalue weighted by Crippen LogP contribution is -2.15. The van der Waals surface area contributed by atoms with E-state index in [1.54, 1.807) is 31.5 Å². The van der Waals surface area contributed by atoms with Crippen LogP contribution in [0.1, 0.15) is 11.3 Å². The minimum Gasteiger partial charge on any atom is -0.496 e. The highest BCUT2D eigenvalue weighted by molar-refractivity contribution is 5.92. The van der Waals surface area contributed by atoms with Gasteiger partial charge in [0.25, 0.3) is 0 Å². The molecule has 0 saturated carbocycles. The maximum Gasteiger partial charge on any atom is 0.230 e. The Labute approximate surface area is 117 Å². The van der Waals surface area contributed by atoms with E-state index in [1.807, 2.05) is 19.1 Å². The molecule has 0 unspecified atom stereocenters. The number of hydrogen-bond acceptors (Lipinski definition) is 4. The van der Waals surface area contributed by atoms with Gasteiger partial charge in [-0.05, 0) is 42.8 Å². The standard InChI is InChI=1S/C15H17N3O2/c1-10-7-13(5-6-14(10)20-2)18-15(19)8-12-4-3-11(16)9-17-12/h3-7,9H,8,16H2,1-2H3,(H,18,19). The first-order valence-electron chi connectivity index (χ1n) is 6.23. The van der Waals surface area contributed by atoms with Crippen molar-refractivity contribution in [1.82, 2.24) is 4.98 Å². The van der Waals surface area contributed by atoms with Gasteiger partial charge in [-0.15, -0.1) is 0 Å². The van der Waals surface area contributed by atoms with Gasteiger partial charge in [0.1, 0.15) is 5.75 Å². The average molecular weight is 271 g/mol. The van der Waals surface area contributed by atoms with Crippen LogP contribution < -0.4 is 15.8 Å². The van der Waals surface area contributed by atoms with Crippen LogP contribution in [-0.2, 0) is 11.2 Å². The van der Waals surface area contributed by atoms with Crippen LogP contribution in [0.2, 0.25) is 0 Å². The highest BCUT2D eigenvalue weighted by Crippen LogP contribution is 2.21. The molecule has 0 spiro atoms. The van der Waals surface area contributed by atoms with Crippen molar-refractivity contribution in [3.8, 4) is 5.75 Å². The minimum atomic E-state index is -0.119. The summed E-state index contributed by atoms with van der Waals surface area (Å²) in [5.41, 5.74) is 8.52. The van der Waals surface area contributed by atoms with Gasteiger partial charge in [-0.2, -0.15) is 0 Å². The summed E-state index contributed by atoms with van der Waals surface area (Å²) in [6.07, 6.45) is 1.76. The van der Waals surface area contributed by atoms with Crippen LogP contribution in [0.25, 0.3) is 0 Å². The van der Waals surface area contributed by atoms with Gasteiger partial charge in [0.2, 0.25) is 5.91 Å². The van der Waals surface area contributed by atoms with Crippen LogP contribution in [0.4, 0.5) is 11.4 Å². The van der Waals surface area contributed by atoms with E-state index in [1.165, 1.54) is 0 Å². The molecule has 0 radical (unpaired) electrons. The molecule has 20 heavy (non-hydrogen) atoms. The van der Waals surface area contributed by atoms with Crippen LogP contribution in [0.15, 0.2) is 36.5 Å². The van der Waals surface area contributed by atoms with Gasteiger partial charge in [-0.25, -0.2) is 0 Å². The van der Waals surface area contributed by atoms with Crippen LogP contribution >= 0.6 is 0 Å². The fourth-order valence-corrected chi connectivity index (χ4v) is 1.87. The molecule has 1 aromatic carbocycles. The monoisotopic (exact) mass is 271 g/mol. The Morgan fingerprint density at radius 2 is 2.15 bits per heavy atom. The van der Waals surface area contributed by atoms with Crippen molar-refractivity contribution in [3.05, 3.63) is 47.8 Å². The molecule has 0 atom stereocenters. The number of carbonyl (C=O) groups is 1. The summed E-state index contributed by atoms with van der Waals surface area (Å²) in [5, 5.41) is 2.83. The molecule has 0 aliphatic carbocycles. The Hall–Kier alpha value is -2.56. The summed E-state index contributed by atoms with van der Waals surface area (Å²) in [7, 11) is 1.62. The number of nitrogen functional groups attached to an aromatic ring is 1. The molecule has 1 amide bonds. The van der Waals surface area contributed by atoms with Crippen LogP contribution in [-0.4, -0.2) is 18.0 Å². The molecule has 0 saturated heterocycles. The van der Waals surface area contributed by atoms with Crippen molar-refractivity contribution in [2.75, 3.05) is 18.2 Å². The van der Waals surface area contributed by atoms with E-state index in [4.69, 9.17) is 10.5 Å². The zero-order valence-electron chi connectivity index (χ0n) is 11.5. The van der Waals surface area contributed by atoms with Gasteiger partial charge >= 0.3 is 0 Å². The van der Waals surface area contributed by atoms with E-state index in [9.17, 15) is 4.79 Å². The fraction of sp³-hybridized carbons (Fsp3) is 0.200. The van der Waals surface area contributed by atoms with Crippen molar-refractivity contribution < 1.29 is 9.53 Å². The van der Waals surface area contributed by atoms with Crippen LogP contribution in [0.3, 0.4) is 0 Å². The number of aromatic nitrogens is 1. The summed E-state index contributed by atoms with van der Waals surface area (Å²) >= 11 is 0. The molecule has 1 heterocycles. The number of nitrogens with one attached hydrogen (secondary N) is 1. The number of hydrogen-bond donors (Lipinski definition) is 2. The first kappa shape index (κ1) is 13.9. The fourth-order valence-electron chi connectivity index (χ4n) is 1.87. The number of nitrogens with zero attached hydrogens (tertiary/aromatic N) is 1. The highest BCUT2D eigenvalue weighted by Gasteiger charge is 2.06. The molecule has 104 valence electrons. The SMILES string of the molecule is COc1ccc(NC(=O)Cc2ccc(N)cn2)cc1C. The minimum absolute atomic E-state index is 0.119. The van der Waals surface area contributed by atoms with Crippen molar-refractivity contribution in [3.63, 3.8) is 0 Å². The average Bonchev–Trinajstić information content (AvgIpc) is 2.41. The van der Waals surface area contributed by atoms with Gasteiger partial charge in [-0.1, -0.05) is 0 Å². The molecule has 5 nitrogen and oxygen atoms in total. The third-order valence-electron chi connectivity index (χ3n) is 2.87. The Kier molecular flexibility index (Phi) is 4.20. The summed E-state index contributed by atoms with van der Waals surface area (Å²) in [5.74, 6) is 0.676. The first-order valence-corrected chi connectivity index (χ1v) is 6.23. The number of nitrogens with two attached hydrogens (primary N) is 1. The van der Waals surface area contributed by atoms with Crippen molar-refractivity contribution in [2.24, 2.45) is 0 Å². The molecule has 1 aromatic heterocycles. The highest BCUT2D eigenvalue weighted by atomic mass is 16.5. The Bertz CT molecular complexity index is 609. The summed E-state index contributed by atoms with van der Waals surface area (Å²) in [6, 6.07) is 8.97. The lowest BCUT2D eigenvalue weighted by molar-refractivity contribution is -0.115. The van der Waals surface area contributed by atoms with Crippen LogP contribution in [0.5, 0.6) is 5.75 Å². The molecule has 2 aromatic rings. The second-order valence-electron chi connectivity index (χ2n) is 4.49. The summed E-state index contributed by atoms with van der Waals surface area (Å²) < 4.78 is 5.18. The smallest absolute Gasteiger partial charge is 0.230 e. The number of amides is 1. The number of aryl methyl sites for hydroxylation is 1. The Balaban J connectivity index is 2.01. The molecule has 3 N–H and O–H groups in total. The zero-order valence-corrected chi connectivity index (χ0v) is 11.5. The number of anilines is 2. The maximum absolute atomic E-state index is 11.9. The van der Waals surface area contributed by atoms with E-state index in [2.05, 4.69) is 10.3 Å².